The normalized spacial score (nSPS) is 18.6. The first-order valence-electron chi connectivity index (χ1n) is 11.2. The van der Waals surface area contributed by atoms with E-state index in [1.807, 2.05) is 48.2 Å². The molecule has 1 N–H and O–H groups in total. The lowest BCUT2D eigenvalue weighted by atomic mass is 10.1. The lowest BCUT2D eigenvalue weighted by Gasteiger charge is -2.38. The van der Waals surface area contributed by atoms with E-state index in [9.17, 15) is 9.59 Å². The van der Waals surface area contributed by atoms with Crippen LogP contribution in [0.3, 0.4) is 0 Å². The summed E-state index contributed by atoms with van der Waals surface area (Å²) < 4.78 is 18.0. The third-order valence-corrected chi connectivity index (χ3v) is 6.99. The van der Waals surface area contributed by atoms with Crippen LogP contribution in [0.4, 0.5) is 11.4 Å². The lowest BCUT2D eigenvalue weighted by molar-refractivity contribution is -0.144. The van der Waals surface area contributed by atoms with E-state index >= 15 is 0 Å². The number of benzene rings is 2. The van der Waals surface area contributed by atoms with E-state index in [0.29, 0.717) is 30.6 Å². The Morgan fingerprint density at radius 1 is 1.17 bits per heavy atom. The fraction of sp³-hybridized carbons (Fsp3) is 0.333. The summed E-state index contributed by atoms with van der Waals surface area (Å²) in [7, 11) is 0. The SMILES string of the molecule is CCOC(=O)[C@@H](C)N1C(=S)COc2ccc(Br)cc21.C[C@@H]1C(=O)NN=C2COc3ccc(Br)cc3N21. The first-order valence-corrected chi connectivity index (χ1v) is 13.2. The number of carbonyl (C=O) groups is 2. The number of nitrogens with one attached hydrogen (secondary N) is 1. The predicted octanol–water partition coefficient (Wildman–Crippen LogP) is 4.41. The van der Waals surface area contributed by atoms with Crippen LogP contribution in [0.15, 0.2) is 50.4 Å². The van der Waals surface area contributed by atoms with Crippen molar-refractivity contribution in [1.29, 1.82) is 0 Å². The number of rotatable bonds is 3. The summed E-state index contributed by atoms with van der Waals surface area (Å²) in [4.78, 5) is 27.8. The maximum atomic E-state index is 11.9. The first kappa shape index (κ1) is 26.4. The predicted molar refractivity (Wildman–Crippen MR) is 148 cm³/mol. The van der Waals surface area contributed by atoms with Crippen LogP contribution in [-0.4, -0.2) is 54.6 Å². The number of hydrazone groups is 1. The Morgan fingerprint density at radius 3 is 2.44 bits per heavy atom. The molecule has 2 aromatic rings. The highest BCUT2D eigenvalue weighted by Crippen LogP contribution is 2.37. The molecule has 0 radical (unpaired) electrons. The molecule has 3 heterocycles. The third kappa shape index (κ3) is 5.35. The van der Waals surface area contributed by atoms with Crippen molar-refractivity contribution in [2.75, 3.05) is 29.6 Å². The number of amides is 1. The molecule has 1 amide bonds. The Bertz CT molecular complexity index is 1240. The Morgan fingerprint density at radius 2 is 1.78 bits per heavy atom. The van der Waals surface area contributed by atoms with E-state index in [0.717, 1.165) is 31.9 Å². The van der Waals surface area contributed by atoms with Crippen LogP contribution in [0.5, 0.6) is 11.5 Å². The number of ether oxygens (including phenoxy) is 3. The average Bonchev–Trinajstić information content (AvgIpc) is 2.86. The standard InChI is InChI=1S/C13H14BrNO3S.C11H10BrN3O2/c1-3-17-13(16)8(2)15-10-6-9(14)4-5-11(10)18-7-12(15)19;1-6-11(16)14-13-10-5-17-9-3-2-7(12)4-8(9)15(6)10/h4-6,8H,3,7H2,1-2H3;2-4,6H,5H2,1H3,(H,14,16)/t8-;6-/m11/s1. The molecule has 190 valence electrons. The fourth-order valence-corrected chi connectivity index (χ4v) is 4.95. The van der Waals surface area contributed by atoms with Gasteiger partial charge in [0.2, 0.25) is 0 Å². The van der Waals surface area contributed by atoms with E-state index in [2.05, 4.69) is 42.4 Å². The quantitative estimate of drug-likeness (QED) is 0.390. The van der Waals surface area contributed by atoms with Crippen LogP contribution in [0.2, 0.25) is 0 Å². The minimum absolute atomic E-state index is 0.110. The Labute approximate surface area is 231 Å². The van der Waals surface area contributed by atoms with Gasteiger partial charge in [0.15, 0.2) is 5.84 Å². The van der Waals surface area contributed by atoms with Gasteiger partial charge in [0.1, 0.15) is 41.8 Å². The highest BCUT2D eigenvalue weighted by atomic mass is 79.9. The minimum atomic E-state index is -0.468. The van der Waals surface area contributed by atoms with Gasteiger partial charge in [-0.05, 0) is 57.2 Å². The van der Waals surface area contributed by atoms with Crippen LogP contribution in [0, 0.1) is 0 Å². The number of amidine groups is 1. The molecule has 2 atom stereocenters. The molecule has 0 saturated heterocycles. The van der Waals surface area contributed by atoms with Crippen molar-refractivity contribution >= 4 is 78.2 Å². The number of thiocarbonyl (C=S) groups is 1. The van der Waals surface area contributed by atoms with Gasteiger partial charge in [-0.1, -0.05) is 44.1 Å². The fourth-order valence-electron chi connectivity index (χ4n) is 3.94. The molecule has 0 aromatic heterocycles. The molecule has 0 aliphatic carbocycles. The average molecular weight is 640 g/mol. The molecule has 0 bridgehead atoms. The third-order valence-electron chi connectivity index (χ3n) is 5.69. The van der Waals surface area contributed by atoms with Gasteiger partial charge < -0.3 is 24.0 Å². The number of fused-ring (bicyclic) bond motifs is 4. The van der Waals surface area contributed by atoms with Gasteiger partial charge in [-0.15, -0.1) is 0 Å². The van der Waals surface area contributed by atoms with Crippen molar-refractivity contribution in [3.63, 3.8) is 0 Å². The summed E-state index contributed by atoms with van der Waals surface area (Å²) in [6.07, 6.45) is 0. The van der Waals surface area contributed by atoms with Gasteiger partial charge in [0.25, 0.3) is 5.91 Å². The number of hydrogen-bond donors (Lipinski definition) is 1. The molecule has 5 rings (SSSR count). The van der Waals surface area contributed by atoms with Gasteiger partial charge in [-0.2, -0.15) is 5.10 Å². The maximum absolute atomic E-state index is 11.9. The van der Waals surface area contributed by atoms with Gasteiger partial charge in [-0.25, -0.2) is 10.2 Å². The summed E-state index contributed by atoms with van der Waals surface area (Å²) in [6, 6.07) is 10.6. The van der Waals surface area contributed by atoms with Crippen molar-refractivity contribution < 1.29 is 23.8 Å². The molecule has 0 unspecified atom stereocenters. The molecule has 0 spiro atoms. The van der Waals surface area contributed by atoms with E-state index < -0.39 is 6.04 Å². The number of halogens is 2. The number of carbonyl (C=O) groups excluding carboxylic acids is 2. The molecule has 2 aromatic carbocycles. The van der Waals surface area contributed by atoms with Crippen molar-refractivity contribution in [3.05, 3.63) is 45.3 Å². The molecule has 12 heteroatoms. The zero-order valence-corrected chi connectivity index (χ0v) is 23.8. The van der Waals surface area contributed by atoms with Gasteiger partial charge >= 0.3 is 5.97 Å². The number of anilines is 2. The minimum Gasteiger partial charge on any atom is -0.484 e. The summed E-state index contributed by atoms with van der Waals surface area (Å²) in [5.74, 6) is 1.81. The van der Waals surface area contributed by atoms with Crippen molar-refractivity contribution in [3.8, 4) is 11.5 Å². The van der Waals surface area contributed by atoms with Crippen LogP contribution >= 0.6 is 44.1 Å². The van der Waals surface area contributed by atoms with Gasteiger partial charge in [0, 0.05) is 8.95 Å². The van der Waals surface area contributed by atoms with Crippen molar-refractivity contribution in [2.24, 2.45) is 5.10 Å². The molecular weight excluding hydrogens is 616 g/mol. The smallest absolute Gasteiger partial charge is 0.328 e. The number of hydrogen-bond acceptors (Lipinski definition) is 8. The molecule has 0 fully saturated rings. The van der Waals surface area contributed by atoms with Crippen LogP contribution in [0.25, 0.3) is 0 Å². The monoisotopic (exact) mass is 638 g/mol. The highest BCUT2D eigenvalue weighted by Gasteiger charge is 2.35. The summed E-state index contributed by atoms with van der Waals surface area (Å²) in [5, 5.41) is 4.01. The van der Waals surface area contributed by atoms with Gasteiger partial charge in [-0.3, -0.25) is 4.79 Å². The van der Waals surface area contributed by atoms with E-state index in [1.54, 1.807) is 18.7 Å². The summed E-state index contributed by atoms with van der Waals surface area (Å²) >= 11 is 12.1. The molecular formula is C24H24Br2N4O5S. The lowest BCUT2D eigenvalue weighted by Crippen LogP contribution is -2.55. The molecule has 3 aliphatic rings. The zero-order chi connectivity index (χ0) is 26.0. The zero-order valence-electron chi connectivity index (χ0n) is 19.8. The molecule has 3 aliphatic heterocycles. The van der Waals surface area contributed by atoms with E-state index in [1.165, 1.54) is 0 Å². The van der Waals surface area contributed by atoms with Crippen molar-refractivity contribution in [1.82, 2.24) is 5.43 Å². The van der Waals surface area contributed by atoms with Crippen molar-refractivity contribution in [2.45, 2.75) is 32.9 Å². The van der Waals surface area contributed by atoms with Crippen LogP contribution in [-0.2, 0) is 14.3 Å². The molecule has 0 saturated carbocycles. The second-order valence-corrected chi connectivity index (χ2v) is 10.3. The second-order valence-electron chi connectivity index (χ2n) is 8.04. The molecule has 36 heavy (non-hydrogen) atoms. The van der Waals surface area contributed by atoms with E-state index in [-0.39, 0.29) is 17.9 Å². The highest BCUT2D eigenvalue weighted by molar-refractivity contribution is 9.10. The van der Waals surface area contributed by atoms with Crippen LogP contribution in [0.1, 0.15) is 20.8 Å². The second kappa shape index (κ2) is 11.1. The van der Waals surface area contributed by atoms with Crippen LogP contribution < -0.4 is 24.7 Å². The van der Waals surface area contributed by atoms with E-state index in [4.69, 9.17) is 26.4 Å². The summed E-state index contributed by atoms with van der Waals surface area (Å²) in [5.41, 5.74) is 4.14. The molecule has 9 nitrogen and oxygen atoms in total. The largest absolute Gasteiger partial charge is 0.484 e. The van der Waals surface area contributed by atoms with Gasteiger partial charge in [0.05, 0.1) is 18.0 Å². The Balaban J connectivity index is 0.000000170. The number of esters is 1. The Hall–Kier alpha value is -2.70. The first-order chi connectivity index (χ1) is 17.2. The maximum Gasteiger partial charge on any atom is 0.328 e. The Kier molecular flexibility index (Phi) is 8.16. The topological polar surface area (TPSA) is 92.7 Å². The number of nitrogens with zero attached hydrogens (tertiary/aromatic N) is 3. The summed E-state index contributed by atoms with van der Waals surface area (Å²) in [6.45, 7) is 6.44.